The molecule has 0 aliphatic carbocycles. The topological polar surface area (TPSA) is 74.5 Å². The largest absolute Gasteiger partial charge is 0.492 e. The van der Waals surface area contributed by atoms with Crippen molar-refractivity contribution in [2.75, 3.05) is 6.61 Å². The first-order valence-electron chi connectivity index (χ1n) is 9.02. The van der Waals surface area contributed by atoms with Crippen LogP contribution in [0.25, 0.3) is 11.5 Å². The van der Waals surface area contributed by atoms with Crippen molar-refractivity contribution >= 4 is 17.6 Å². The second-order valence-corrected chi connectivity index (χ2v) is 7.29. The van der Waals surface area contributed by atoms with Crippen LogP contribution in [0.1, 0.15) is 30.0 Å². The summed E-state index contributed by atoms with van der Waals surface area (Å²) in [7, 11) is 0. The minimum atomic E-state index is -0.653. The molecule has 2 heterocycles. The highest BCUT2D eigenvalue weighted by molar-refractivity contribution is 6.30. The number of hydrogen-bond donors (Lipinski definition) is 0. The number of carbonyl (C=O) groups excluding carboxylic acids is 1. The number of esters is 1. The van der Waals surface area contributed by atoms with Crippen LogP contribution in [-0.4, -0.2) is 22.8 Å². The van der Waals surface area contributed by atoms with Crippen molar-refractivity contribution in [1.82, 2.24) is 10.2 Å². The number of carbonyl (C=O) groups is 1. The van der Waals surface area contributed by atoms with Gasteiger partial charge in [-0.15, -0.1) is 10.2 Å². The van der Waals surface area contributed by atoms with E-state index in [9.17, 15) is 4.79 Å². The number of nitrogens with zero attached hydrogens (tertiary/aromatic N) is 2. The summed E-state index contributed by atoms with van der Waals surface area (Å²) in [5, 5.41) is 8.68. The molecule has 0 N–H and O–H groups in total. The molecule has 28 heavy (non-hydrogen) atoms. The average molecular weight is 399 g/mol. The van der Waals surface area contributed by atoms with Gasteiger partial charge in [-0.3, -0.25) is 4.79 Å². The van der Waals surface area contributed by atoms with Gasteiger partial charge >= 0.3 is 5.97 Å². The molecule has 1 aromatic heterocycles. The van der Waals surface area contributed by atoms with E-state index in [1.807, 2.05) is 43.3 Å². The van der Waals surface area contributed by atoms with E-state index in [2.05, 4.69) is 10.2 Å². The molecule has 3 aromatic rings. The maximum Gasteiger partial charge on any atom is 0.313 e. The third-order valence-corrected chi connectivity index (χ3v) is 4.88. The lowest BCUT2D eigenvalue weighted by atomic mass is 9.97. The van der Waals surface area contributed by atoms with Crippen LogP contribution in [0.2, 0.25) is 5.02 Å². The van der Waals surface area contributed by atoms with Crippen molar-refractivity contribution in [2.45, 2.75) is 26.4 Å². The maximum atomic E-state index is 12.6. The van der Waals surface area contributed by atoms with Gasteiger partial charge < -0.3 is 13.9 Å². The van der Waals surface area contributed by atoms with Gasteiger partial charge in [-0.1, -0.05) is 29.3 Å². The second-order valence-electron chi connectivity index (χ2n) is 6.85. The van der Waals surface area contributed by atoms with Gasteiger partial charge in [0, 0.05) is 10.6 Å². The second kappa shape index (κ2) is 7.64. The lowest BCUT2D eigenvalue weighted by Gasteiger charge is -2.24. The first-order valence-corrected chi connectivity index (χ1v) is 9.39. The summed E-state index contributed by atoms with van der Waals surface area (Å²) in [6.45, 7) is 3.98. The molecule has 144 valence electrons. The number of benzene rings is 2. The van der Waals surface area contributed by atoms with Gasteiger partial charge in [0.2, 0.25) is 5.89 Å². The smallest absolute Gasteiger partial charge is 0.313 e. The fraction of sp³-hybridized carbons (Fsp3) is 0.286. The Morgan fingerprint density at radius 2 is 2.00 bits per heavy atom. The van der Waals surface area contributed by atoms with Crippen LogP contribution in [0.3, 0.4) is 0 Å². The van der Waals surface area contributed by atoms with Crippen LogP contribution in [-0.2, 0) is 16.0 Å². The van der Waals surface area contributed by atoms with Crippen molar-refractivity contribution in [3.63, 3.8) is 0 Å². The van der Waals surface area contributed by atoms with Crippen LogP contribution in [0.4, 0.5) is 0 Å². The fourth-order valence-electron chi connectivity index (χ4n) is 3.05. The summed E-state index contributed by atoms with van der Waals surface area (Å²) < 4.78 is 16.9. The van der Waals surface area contributed by atoms with E-state index in [4.69, 9.17) is 25.5 Å². The molecule has 1 aliphatic heterocycles. The summed E-state index contributed by atoms with van der Waals surface area (Å²) in [5.74, 6) is 0.619. The molecule has 2 atom stereocenters. The molecule has 0 spiro atoms. The number of halogens is 1. The predicted molar refractivity (Wildman–Crippen MR) is 103 cm³/mol. The van der Waals surface area contributed by atoms with Gasteiger partial charge in [0.15, 0.2) is 6.10 Å². The van der Waals surface area contributed by atoms with E-state index in [1.165, 1.54) is 0 Å². The normalized spacial score (nSPS) is 16.8. The van der Waals surface area contributed by atoms with Gasteiger partial charge in [-0.25, -0.2) is 0 Å². The number of rotatable bonds is 4. The van der Waals surface area contributed by atoms with E-state index in [0.29, 0.717) is 17.3 Å². The molecule has 0 fully saturated rings. The monoisotopic (exact) mass is 398 g/mol. The van der Waals surface area contributed by atoms with Gasteiger partial charge in [0.25, 0.3) is 5.89 Å². The Morgan fingerprint density at radius 3 is 2.79 bits per heavy atom. The third-order valence-electron chi connectivity index (χ3n) is 4.64. The fourth-order valence-corrected chi connectivity index (χ4v) is 3.24. The van der Waals surface area contributed by atoms with Gasteiger partial charge in [-0.05, 0) is 56.2 Å². The molecular weight excluding hydrogens is 380 g/mol. The highest BCUT2D eigenvalue weighted by atomic mass is 35.5. The average Bonchev–Trinajstić information content (AvgIpc) is 3.18. The van der Waals surface area contributed by atoms with Crippen LogP contribution in [0.5, 0.6) is 5.75 Å². The predicted octanol–water partition coefficient (Wildman–Crippen LogP) is 4.55. The maximum absolute atomic E-state index is 12.6. The molecule has 0 bridgehead atoms. The van der Waals surface area contributed by atoms with E-state index in [-0.39, 0.29) is 18.5 Å². The first kappa shape index (κ1) is 18.5. The highest BCUT2D eigenvalue weighted by Crippen LogP contribution is 2.31. The molecule has 6 nitrogen and oxygen atoms in total. The molecular formula is C21H19ClN2O4. The third kappa shape index (κ3) is 3.87. The van der Waals surface area contributed by atoms with Gasteiger partial charge in [-0.2, -0.15) is 0 Å². The van der Waals surface area contributed by atoms with Crippen molar-refractivity contribution < 1.29 is 18.7 Å². The van der Waals surface area contributed by atoms with Gasteiger partial charge in [0.1, 0.15) is 12.4 Å². The van der Waals surface area contributed by atoms with Crippen molar-refractivity contribution in [3.05, 3.63) is 64.5 Å². The zero-order valence-electron chi connectivity index (χ0n) is 15.5. The summed E-state index contributed by atoms with van der Waals surface area (Å²) in [4.78, 5) is 12.6. The summed E-state index contributed by atoms with van der Waals surface area (Å²) in [6, 6.07) is 13.1. The lowest BCUT2D eigenvalue weighted by Crippen LogP contribution is -2.30. The van der Waals surface area contributed by atoms with E-state index in [0.717, 1.165) is 22.4 Å². The SMILES string of the molecule is Cc1ccc(-c2nnc([C@@H](C)OC(=O)[C@@H]3COc4ccc(Cl)cc4C3)o2)cc1. The number of aromatic nitrogens is 2. The van der Waals surface area contributed by atoms with E-state index < -0.39 is 12.0 Å². The van der Waals surface area contributed by atoms with Crippen LogP contribution in [0.15, 0.2) is 46.9 Å². The Kier molecular flexibility index (Phi) is 5.05. The minimum absolute atomic E-state index is 0.254. The number of aryl methyl sites for hydroxylation is 1. The Bertz CT molecular complexity index is 1000. The van der Waals surface area contributed by atoms with E-state index >= 15 is 0 Å². The summed E-state index contributed by atoms with van der Waals surface area (Å²) in [6.07, 6.45) is -0.139. The molecule has 0 amide bonds. The molecule has 0 unspecified atom stereocenters. The summed E-state index contributed by atoms with van der Waals surface area (Å²) >= 11 is 6.03. The van der Waals surface area contributed by atoms with Crippen LogP contribution >= 0.6 is 11.6 Å². The molecule has 4 rings (SSSR count). The molecule has 0 saturated carbocycles. The number of hydrogen-bond acceptors (Lipinski definition) is 6. The standard InChI is InChI=1S/C21H19ClN2O4/c1-12-3-5-14(6-4-12)20-24-23-19(28-20)13(2)27-21(25)16-9-15-10-17(22)7-8-18(15)26-11-16/h3-8,10,13,16H,9,11H2,1-2H3/t13-,16+/m1/s1. The quantitative estimate of drug-likeness (QED) is 0.600. The molecule has 1 aliphatic rings. The molecule has 2 aromatic carbocycles. The van der Waals surface area contributed by atoms with Crippen molar-refractivity contribution in [2.24, 2.45) is 5.92 Å². The molecule has 7 heteroatoms. The lowest BCUT2D eigenvalue weighted by molar-refractivity contribution is -0.156. The van der Waals surface area contributed by atoms with Crippen LogP contribution < -0.4 is 4.74 Å². The minimum Gasteiger partial charge on any atom is -0.492 e. The Hall–Kier alpha value is -2.86. The molecule has 0 saturated heterocycles. The zero-order valence-corrected chi connectivity index (χ0v) is 16.3. The number of fused-ring (bicyclic) bond motifs is 1. The van der Waals surface area contributed by atoms with E-state index in [1.54, 1.807) is 13.0 Å². The first-order chi connectivity index (χ1) is 13.5. The highest BCUT2D eigenvalue weighted by Gasteiger charge is 2.30. The van der Waals surface area contributed by atoms with Crippen molar-refractivity contribution in [3.8, 4) is 17.2 Å². The summed E-state index contributed by atoms with van der Waals surface area (Å²) in [5.41, 5.74) is 2.85. The van der Waals surface area contributed by atoms with Crippen LogP contribution in [0, 0.1) is 12.8 Å². The van der Waals surface area contributed by atoms with Gasteiger partial charge in [0.05, 0.1) is 5.92 Å². The van der Waals surface area contributed by atoms with Crippen molar-refractivity contribution in [1.29, 1.82) is 0 Å². The Balaban J connectivity index is 1.42. The molecule has 0 radical (unpaired) electrons. The Morgan fingerprint density at radius 1 is 1.21 bits per heavy atom. The number of ether oxygens (including phenoxy) is 2. The zero-order chi connectivity index (χ0) is 19.7. The Labute approximate surface area is 167 Å².